The first-order valence-corrected chi connectivity index (χ1v) is 7.70. The smallest absolute Gasteiger partial charge is 0.335 e. The number of rotatable bonds is 7. The highest BCUT2D eigenvalue weighted by Gasteiger charge is 2.13. The van der Waals surface area contributed by atoms with Crippen LogP contribution < -0.4 is 4.74 Å². The van der Waals surface area contributed by atoms with E-state index in [2.05, 4.69) is 4.98 Å². The van der Waals surface area contributed by atoms with Crippen molar-refractivity contribution >= 4 is 17.0 Å². The van der Waals surface area contributed by atoms with Crippen LogP contribution in [0.4, 0.5) is 0 Å². The van der Waals surface area contributed by atoms with Crippen molar-refractivity contribution in [1.82, 2.24) is 9.55 Å². The topological polar surface area (TPSA) is 84.6 Å². The molecule has 3 rings (SSSR count). The van der Waals surface area contributed by atoms with Gasteiger partial charge in [0.05, 0.1) is 16.6 Å². The molecule has 2 aromatic carbocycles. The van der Waals surface area contributed by atoms with Gasteiger partial charge in [-0.3, -0.25) is 0 Å². The molecule has 0 saturated carbocycles. The van der Waals surface area contributed by atoms with E-state index >= 15 is 0 Å². The third kappa shape index (κ3) is 3.38. The van der Waals surface area contributed by atoms with Crippen LogP contribution in [0, 0.1) is 0 Å². The monoisotopic (exact) mass is 326 g/mol. The average molecular weight is 326 g/mol. The van der Waals surface area contributed by atoms with Gasteiger partial charge in [0.2, 0.25) is 0 Å². The lowest BCUT2D eigenvalue weighted by Crippen LogP contribution is -2.08. The molecule has 6 heteroatoms. The maximum atomic E-state index is 11.1. The van der Waals surface area contributed by atoms with E-state index in [-0.39, 0.29) is 18.8 Å². The van der Waals surface area contributed by atoms with Crippen molar-refractivity contribution < 1.29 is 19.7 Å². The fraction of sp³-hybridized carbons (Fsp3) is 0.222. The molecule has 2 N–H and O–H groups in total. The van der Waals surface area contributed by atoms with E-state index < -0.39 is 5.97 Å². The van der Waals surface area contributed by atoms with Gasteiger partial charge in [-0.1, -0.05) is 18.2 Å². The van der Waals surface area contributed by atoms with E-state index in [1.165, 1.54) is 0 Å². The van der Waals surface area contributed by atoms with Gasteiger partial charge in [-0.25, -0.2) is 9.78 Å². The van der Waals surface area contributed by atoms with Crippen molar-refractivity contribution in [2.45, 2.75) is 19.6 Å². The zero-order valence-electron chi connectivity index (χ0n) is 13.1. The number of aliphatic hydroxyl groups is 1. The van der Waals surface area contributed by atoms with Crippen LogP contribution in [0.5, 0.6) is 5.75 Å². The second-order valence-corrected chi connectivity index (χ2v) is 5.37. The SMILES string of the molecule is O=C(O)c1ccc2c(c1)nc(COc1ccccc1)n2CCCO. The van der Waals surface area contributed by atoms with Crippen LogP contribution in [-0.2, 0) is 13.2 Å². The number of nitrogens with zero attached hydrogens (tertiary/aromatic N) is 2. The Morgan fingerprint density at radius 3 is 2.67 bits per heavy atom. The molecule has 0 amide bonds. The number of carboxylic acid groups (broad SMARTS) is 1. The third-order valence-corrected chi connectivity index (χ3v) is 3.73. The molecule has 124 valence electrons. The quantitative estimate of drug-likeness (QED) is 0.697. The Morgan fingerprint density at radius 1 is 1.17 bits per heavy atom. The first kappa shape index (κ1) is 16.0. The molecule has 24 heavy (non-hydrogen) atoms. The minimum absolute atomic E-state index is 0.0753. The number of aromatic nitrogens is 2. The number of hydrogen-bond donors (Lipinski definition) is 2. The normalized spacial score (nSPS) is 10.9. The van der Waals surface area contributed by atoms with Gasteiger partial charge >= 0.3 is 5.97 Å². The molecule has 0 atom stereocenters. The van der Waals surface area contributed by atoms with E-state index in [1.54, 1.807) is 18.2 Å². The average Bonchev–Trinajstić information content (AvgIpc) is 2.95. The molecular weight excluding hydrogens is 308 g/mol. The summed E-state index contributed by atoms with van der Waals surface area (Å²) in [5.74, 6) is 0.457. The number of ether oxygens (including phenoxy) is 1. The Balaban J connectivity index is 1.93. The van der Waals surface area contributed by atoms with Gasteiger partial charge in [0, 0.05) is 13.2 Å². The standard InChI is InChI=1S/C18H18N2O4/c21-10-4-9-20-16-8-7-13(18(22)23)11-15(16)19-17(20)12-24-14-5-2-1-3-6-14/h1-3,5-8,11,21H,4,9-10,12H2,(H,22,23). The van der Waals surface area contributed by atoms with Crippen LogP contribution in [0.15, 0.2) is 48.5 Å². The number of benzene rings is 2. The number of aryl methyl sites for hydroxylation is 1. The minimum atomic E-state index is -0.983. The zero-order chi connectivity index (χ0) is 16.9. The Bertz CT molecular complexity index is 843. The van der Waals surface area contributed by atoms with Gasteiger partial charge in [0.1, 0.15) is 18.2 Å². The van der Waals surface area contributed by atoms with Crippen molar-refractivity contribution in [3.63, 3.8) is 0 Å². The summed E-state index contributed by atoms with van der Waals surface area (Å²) < 4.78 is 7.72. The van der Waals surface area contributed by atoms with Crippen LogP contribution in [0.25, 0.3) is 11.0 Å². The molecule has 1 aromatic heterocycles. The molecule has 1 heterocycles. The summed E-state index contributed by atoms with van der Waals surface area (Å²) in [5, 5.41) is 18.2. The molecule has 0 aliphatic carbocycles. The van der Waals surface area contributed by atoms with Crippen molar-refractivity contribution in [3.8, 4) is 5.75 Å². The summed E-state index contributed by atoms with van der Waals surface area (Å²) in [7, 11) is 0. The van der Waals surface area contributed by atoms with Gasteiger partial charge in [-0.2, -0.15) is 0 Å². The zero-order valence-corrected chi connectivity index (χ0v) is 13.1. The van der Waals surface area contributed by atoms with Crippen molar-refractivity contribution in [2.75, 3.05) is 6.61 Å². The van der Waals surface area contributed by atoms with E-state index in [4.69, 9.17) is 14.9 Å². The highest BCUT2D eigenvalue weighted by molar-refractivity contribution is 5.92. The van der Waals surface area contributed by atoms with E-state index in [0.717, 1.165) is 11.3 Å². The van der Waals surface area contributed by atoms with E-state index in [1.807, 2.05) is 34.9 Å². The summed E-state index contributed by atoms with van der Waals surface area (Å²) in [6, 6.07) is 14.3. The van der Waals surface area contributed by atoms with Crippen LogP contribution in [0.1, 0.15) is 22.6 Å². The maximum absolute atomic E-state index is 11.1. The number of imidazole rings is 1. The summed E-state index contributed by atoms with van der Waals surface area (Å²) >= 11 is 0. The predicted molar refractivity (Wildman–Crippen MR) is 89.2 cm³/mol. The Kier molecular flexibility index (Phi) is 4.77. The Morgan fingerprint density at radius 2 is 1.96 bits per heavy atom. The summed E-state index contributed by atoms with van der Waals surface area (Å²) in [6.07, 6.45) is 0.588. The number of hydrogen-bond acceptors (Lipinski definition) is 4. The highest BCUT2D eigenvalue weighted by Crippen LogP contribution is 2.20. The fourth-order valence-corrected chi connectivity index (χ4v) is 2.57. The summed E-state index contributed by atoms with van der Waals surface area (Å²) in [4.78, 5) is 15.6. The first-order chi connectivity index (χ1) is 11.7. The molecule has 0 aliphatic heterocycles. The number of aliphatic hydroxyl groups excluding tert-OH is 1. The van der Waals surface area contributed by atoms with Crippen LogP contribution in [-0.4, -0.2) is 32.3 Å². The van der Waals surface area contributed by atoms with Crippen LogP contribution in [0.2, 0.25) is 0 Å². The number of para-hydroxylation sites is 1. The largest absolute Gasteiger partial charge is 0.486 e. The molecular formula is C18H18N2O4. The second kappa shape index (κ2) is 7.14. The van der Waals surface area contributed by atoms with Crippen molar-refractivity contribution in [3.05, 3.63) is 59.9 Å². The lowest BCUT2D eigenvalue weighted by Gasteiger charge is -2.10. The second-order valence-electron chi connectivity index (χ2n) is 5.37. The Hall–Kier alpha value is -2.86. The minimum Gasteiger partial charge on any atom is -0.486 e. The van der Waals surface area contributed by atoms with Gasteiger partial charge in [-0.15, -0.1) is 0 Å². The molecule has 0 unspecified atom stereocenters. The van der Waals surface area contributed by atoms with Gasteiger partial charge in [-0.05, 0) is 36.8 Å². The van der Waals surface area contributed by atoms with Gasteiger partial charge in [0.25, 0.3) is 0 Å². The van der Waals surface area contributed by atoms with E-state index in [0.29, 0.717) is 24.3 Å². The highest BCUT2D eigenvalue weighted by atomic mass is 16.5. The van der Waals surface area contributed by atoms with E-state index in [9.17, 15) is 4.79 Å². The summed E-state index contributed by atoms with van der Waals surface area (Å²) in [6.45, 7) is 0.936. The van der Waals surface area contributed by atoms with Crippen LogP contribution in [0.3, 0.4) is 0 Å². The molecule has 6 nitrogen and oxygen atoms in total. The lowest BCUT2D eigenvalue weighted by molar-refractivity contribution is 0.0697. The summed E-state index contributed by atoms with van der Waals surface area (Å²) in [5.41, 5.74) is 1.64. The number of carboxylic acids is 1. The van der Waals surface area contributed by atoms with Gasteiger partial charge in [0.15, 0.2) is 0 Å². The first-order valence-electron chi connectivity index (χ1n) is 7.70. The number of fused-ring (bicyclic) bond motifs is 1. The van der Waals surface area contributed by atoms with Crippen molar-refractivity contribution in [1.29, 1.82) is 0 Å². The van der Waals surface area contributed by atoms with Crippen LogP contribution >= 0.6 is 0 Å². The molecule has 0 bridgehead atoms. The molecule has 0 aliphatic rings. The number of aromatic carboxylic acids is 1. The number of carbonyl (C=O) groups is 1. The Labute approximate surface area is 138 Å². The molecule has 0 fully saturated rings. The molecule has 0 saturated heterocycles. The molecule has 0 radical (unpaired) electrons. The third-order valence-electron chi connectivity index (χ3n) is 3.73. The predicted octanol–water partition coefficient (Wildman–Crippen LogP) is 2.70. The van der Waals surface area contributed by atoms with Crippen molar-refractivity contribution in [2.24, 2.45) is 0 Å². The maximum Gasteiger partial charge on any atom is 0.335 e. The van der Waals surface area contributed by atoms with Gasteiger partial charge < -0.3 is 19.5 Å². The lowest BCUT2D eigenvalue weighted by atomic mass is 10.2. The molecule has 0 spiro atoms. The molecule has 3 aromatic rings. The fourth-order valence-electron chi connectivity index (χ4n) is 2.57.